The first-order valence-electron chi connectivity index (χ1n) is 6.62. The highest BCUT2D eigenvalue weighted by molar-refractivity contribution is 5.62. The second-order valence-electron chi connectivity index (χ2n) is 5.14. The standard InChI is InChI=1S/C15H18N4/c1-11-3-2-4-12(7-11)13-8-17-15(18-9-13)19-6-5-14(16)10-19/h2-4,7-9,14H,5-6,10,16H2,1H3. The molecule has 0 aliphatic carbocycles. The third kappa shape index (κ3) is 2.58. The molecule has 2 aromatic rings. The number of benzene rings is 1. The summed E-state index contributed by atoms with van der Waals surface area (Å²) in [6, 6.07) is 8.61. The summed E-state index contributed by atoms with van der Waals surface area (Å²) in [7, 11) is 0. The maximum absolute atomic E-state index is 5.90. The van der Waals surface area contributed by atoms with Crippen LogP contribution in [-0.2, 0) is 0 Å². The van der Waals surface area contributed by atoms with Gasteiger partial charge in [-0.15, -0.1) is 0 Å². The smallest absolute Gasteiger partial charge is 0.225 e. The van der Waals surface area contributed by atoms with Crippen LogP contribution in [0.2, 0.25) is 0 Å². The number of aryl methyl sites for hydroxylation is 1. The van der Waals surface area contributed by atoms with Gasteiger partial charge in [-0.3, -0.25) is 0 Å². The van der Waals surface area contributed by atoms with E-state index in [1.165, 1.54) is 5.56 Å². The first kappa shape index (κ1) is 12.1. The van der Waals surface area contributed by atoms with E-state index in [0.717, 1.165) is 36.6 Å². The molecule has 1 fully saturated rings. The highest BCUT2D eigenvalue weighted by Crippen LogP contribution is 2.21. The third-order valence-electron chi connectivity index (χ3n) is 3.50. The molecule has 1 aliphatic heterocycles. The van der Waals surface area contributed by atoms with Gasteiger partial charge in [0.2, 0.25) is 5.95 Å². The van der Waals surface area contributed by atoms with Crippen molar-refractivity contribution in [2.45, 2.75) is 19.4 Å². The zero-order valence-electron chi connectivity index (χ0n) is 11.1. The number of hydrogen-bond donors (Lipinski definition) is 1. The van der Waals surface area contributed by atoms with Gasteiger partial charge in [0.1, 0.15) is 0 Å². The van der Waals surface area contributed by atoms with Crippen molar-refractivity contribution < 1.29 is 0 Å². The summed E-state index contributed by atoms with van der Waals surface area (Å²) in [4.78, 5) is 11.1. The van der Waals surface area contributed by atoms with Gasteiger partial charge >= 0.3 is 0 Å². The number of aromatic nitrogens is 2. The van der Waals surface area contributed by atoms with E-state index in [4.69, 9.17) is 5.73 Å². The van der Waals surface area contributed by atoms with Gasteiger partial charge in [-0.25, -0.2) is 9.97 Å². The molecule has 1 aromatic carbocycles. The molecule has 0 bridgehead atoms. The molecule has 1 atom stereocenters. The summed E-state index contributed by atoms with van der Waals surface area (Å²) >= 11 is 0. The lowest BCUT2D eigenvalue weighted by molar-refractivity contribution is 0.750. The van der Waals surface area contributed by atoms with E-state index in [2.05, 4.69) is 46.1 Å². The van der Waals surface area contributed by atoms with Crippen LogP contribution >= 0.6 is 0 Å². The fourth-order valence-electron chi connectivity index (χ4n) is 2.43. The van der Waals surface area contributed by atoms with Gasteiger partial charge in [0.15, 0.2) is 0 Å². The predicted molar refractivity (Wildman–Crippen MR) is 77.0 cm³/mol. The minimum atomic E-state index is 0.250. The average Bonchev–Trinajstić information content (AvgIpc) is 2.86. The van der Waals surface area contributed by atoms with Crippen molar-refractivity contribution in [1.29, 1.82) is 0 Å². The Morgan fingerprint density at radius 3 is 2.63 bits per heavy atom. The summed E-state index contributed by atoms with van der Waals surface area (Å²) in [6.07, 6.45) is 4.80. The monoisotopic (exact) mass is 254 g/mol. The first-order chi connectivity index (χ1) is 9.22. The lowest BCUT2D eigenvalue weighted by Gasteiger charge is -2.15. The van der Waals surface area contributed by atoms with Gasteiger partial charge in [-0.1, -0.05) is 29.8 Å². The van der Waals surface area contributed by atoms with Gasteiger partial charge in [0, 0.05) is 37.1 Å². The second kappa shape index (κ2) is 4.97. The van der Waals surface area contributed by atoms with Gasteiger partial charge in [-0.05, 0) is 18.9 Å². The van der Waals surface area contributed by atoms with E-state index in [1.54, 1.807) is 0 Å². The molecule has 19 heavy (non-hydrogen) atoms. The Kier molecular flexibility index (Phi) is 3.17. The normalized spacial score (nSPS) is 18.8. The fourth-order valence-corrected chi connectivity index (χ4v) is 2.43. The van der Waals surface area contributed by atoms with Crippen LogP contribution in [0.4, 0.5) is 5.95 Å². The van der Waals surface area contributed by atoms with Crippen LogP contribution in [0.25, 0.3) is 11.1 Å². The summed E-state index contributed by atoms with van der Waals surface area (Å²) in [5.74, 6) is 0.782. The minimum absolute atomic E-state index is 0.250. The topological polar surface area (TPSA) is 55.0 Å². The highest BCUT2D eigenvalue weighted by atomic mass is 15.3. The predicted octanol–water partition coefficient (Wildman–Crippen LogP) is 1.99. The van der Waals surface area contributed by atoms with E-state index in [9.17, 15) is 0 Å². The van der Waals surface area contributed by atoms with Crippen molar-refractivity contribution in [2.24, 2.45) is 5.73 Å². The molecule has 2 heterocycles. The molecular weight excluding hydrogens is 236 g/mol. The molecule has 1 aromatic heterocycles. The van der Waals surface area contributed by atoms with E-state index in [0.29, 0.717) is 0 Å². The Balaban J connectivity index is 1.83. The Labute approximate surface area is 113 Å². The zero-order chi connectivity index (χ0) is 13.2. The van der Waals surface area contributed by atoms with Crippen LogP contribution in [0.15, 0.2) is 36.7 Å². The van der Waals surface area contributed by atoms with Crippen molar-refractivity contribution in [2.75, 3.05) is 18.0 Å². The van der Waals surface area contributed by atoms with Gasteiger partial charge < -0.3 is 10.6 Å². The van der Waals surface area contributed by atoms with Crippen molar-refractivity contribution in [3.8, 4) is 11.1 Å². The molecule has 0 spiro atoms. The van der Waals surface area contributed by atoms with Crippen LogP contribution in [0.3, 0.4) is 0 Å². The lowest BCUT2D eigenvalue weighted by Crippen LogP contribution is -2.27. The van der Waals surface area contributed by atoms with Gasteiger partial charge in [0.25, 0.3) is 0 Å². The Morgan fingerprint density at radius 1 is 1.21 bits per heavy atom. The molecule has 0 amide bonds. The fraction of sp³-hybridized carbons (Fsp3) is 0.333. The summed E-state index contributed by atoms with van der Waals surface area (Å²) in [5, 5.41) is 0. The van der Waals surface area contributed by atoms with Gasteiger partial charge in [0.05, 0.1) is 0 Å². The zero-order valence-corrected chi connectivity index (χ0v) is 11.1. The number of hydrogen-bond acceptors (Lipinski definition) is 4. The van der Waals surface area contributed by atoms with Crippen LogP contribution in [-0.4, -0.2) is 29.1 Å². The van der Waals surface area contributed by atoms with Crippen molar-refractivity contribution in [1.82, 2.24) is 9.97 Å². The molecule has 3 rings (SSSR count). The molecule has 4 nitrogen and oxygen atoms in total. The molecule has 1 unspecified atom stereocenters. The molecular formula is C15H18N4. The van der Waals surface area contributed by atoms with Crippen LogP contribution in [0.5, 0.6) is 0 Å². The molecule has 0 saturated carbocycles. The van der Waals surface area contributed by atoms with Gasteiger partial charge in [-0.2, -0.15) is 0 Å². The van der Waals surface area contributed by atoms with E-state index >= 15 is 0 Å². The largest absolute Gasteiger partial charge is 0.339 e. The molecule has 1 aliphatic rings. The van der Waals surface area contributed by atoms with Crippen LogP contribution < -0.4 is 10.6 Å². The molecule has 4 heteroatoms. The van der Waals surface area contributed by atoms with Crippen molar-refractivity contribution in [3.05, 3.63) is 42.2 Å². The van der Waals surface area contributed by atoms with E-state index < -0.39 is 0 Å². The Morgan fingerprint density at radius 2 is 2.00 bits per heavy atom. The summed E-state index contributed by atoms with van der Waals surface area (Å²) in [6.45, 7) is 3.89. The van der Waals surface area contributed by atoms with Crippen molar-refractivity contribution in [3.63, 3.8) is 0 Å². The summed E-state index contributed by atoms with van der Waals surface area (Å²) < 4.78 is 0. The maximum Gasteiger partial charge on any atom is 0.225 e. The molecule has 1 saturated heterocycles. The number of nitrogens with two attached hydrogens (primary N) is 1. The SMILES string of the molecule is Cc1cccc(-c2cnc(N3CCC(N)C3)nc2)c1. The highest BCUT2D eigenvalue weighted by Gasteiger charge is 2.20. The molecule has 98 valence electrons. The maximum atomic E-state index is 5.90. The Hall–Kier alpha value is -1.94. The lowest BCUT2D eigenvalue weighted by atomic mass is 10.1. The quantitative estimate of drug-likeness (QED) is 0.890. The number of nitrogens with zero attached hydrogens (tertiary/aromatic N) is 3. The molecule has 2 N–H and O–H groups in total. The van der Waals surface area contributed by atoms with E-state index in [1.807, 2.05) is 12.4 Å². The summed E-state index contributed by atoms with van der Waals surface area (Å²) in [5.41, 5.74) is 9.35. The first-order valence-corrected chi connectivity index (χ1v) is 6.62. The Bertz CT molecular complexity index is 565. The number of rotatable bonds is 2. The minimum Gasteiger partial charge on any atom is -0.339 e. The van der Waals surface area contributed by atoms with Crippen LogP contribution in [0.1, 0.15) is 12.0 Å². The average molecular weight is 254 g/mol. The third-order valence-corrected chi connectivity index (χ3v) is 3.50. The van der Waals surface area contributed by atoms with E-state index in [-0.39, 0.29) is 6.04 Å². The van der Waals surface area contributed by atoms with Crippen LogP contribution in [0, 0.1) is 6.92 Å². The molecule has 0 radical (unpaired) electrons. The van der Waals surface area contributed by atoms with Crippen molar-refractivity contribution >= 4 is 5.95 Å². The second-order valence-corrected chi connectivity index (χ2v) is 5.14. The number of anilines is 1.